The van der Waals surface area contributed by atoms with Crippen molar-refractivity contribution in [1.29, 1.82) is 0 Å². The van der Waals surface area contributed by atoms with E-state index in [9.17, 15) is 9.59 Å². The van der Waals surface area contributed by atoms with Gasteiger partial charge in [0.15, 0.2) is 0 Å². The summed E-state index contributed by atoms with van der Waals surface area (Å²) in [6.45, 7) is 5.79. The normalized spacial score (nSPS) is 11.3. The van der Waals surface area contributed by atoms with Gasteiger partial charge in [0.2, 0.25) is 0 Å². The Labute approximate surface area is 119 Å². The van der Waals surface area contributed by atoms with Gasteiger partial charge in [-0.2, -0.15) is 4.99 Å². The molecule has 0 aliphatic rings. The molecule has 7 nitrogen and oxygen atoms in total. The van der Waals surface area contributed by atoms with E-state index in [4.69, 9.17) is 4.74 Å². The molecule has 8 heteroatoms. The first-order chi connectivity index (χ1) is 8.61. The quantitative estimate of drug-likeness (QED) is 0.466. The van der Waals surface area contributed by atoms with E-state index >= 15 is 0 Å². The minimum atomic E-state index is -0.545. The number of rotatable bonds is 4. The third-order valence-electron chi connectivity index (χ3n) is 1.61. The van der Waals surface area contributed by atoms with Gasteiger partial charge in [-0.3, -0.25) is 4.31 Å². The number of hydrogen-bond donors (Lipinski definition) is 2. The highest BCUT2D eigenvalue weighted by Gasteiger charge is 2.16. The molecule has 0 bridgehead atoms. The molecule has 0 aromatic carbocycles. The molecule has 0 heterocycles. The summed E-state index contributed by atoms with van der Waals surface area (Å²) >= 11 is 3.98. The average molecular weight is 290 g/mol. The van der Waals surface area contributed by atoms with Crippen LogP contribution in [0.2, 0.25) is 0 Å². The molecule has 0 spiro atoms. The Morgan fingerprint density at radius 2 is 1.95 bits per heavy atom. The zero-order valence-electron chi connectivity index (χ0n) is 12.0. The second-order valence-corrected chi connectivity index (χ2v) is 5.53. The SMILES string of the molecule is CN(C)C=NC(=O)N(S)CCNC(=O)OC(C)(C)C. The topological polar surface area (TPSA) is 74.2 Å². The highest BCUT2D eigenvalue weighted by Crippen LogP contribution is 2.06. The fraction of sp³-hybridized carbons (Fsp3) is 0.727. The van der Waals surface area contributed by atoms with Crippen molar-refractivity contribution in [3.63, 3.8) is 0 Å². The lowest BCUT2D eigenvalue weighted by molar-refractivity contribution is 0.0526. The number of amides is 3. The lowest BCUT2D eigenvalue weighted by atomic mass is 10.2. The Morgan fingerprint density at radius 1 is 1.37 bits per heavy atom. The molecule has 19 heavy (non-hydrogen) atoms. The van der Waals surface area contributed by atoms with Gasteiger partial charge < -0.3 is 15.0 Å². The van der Waals surface area contributed by atoms with Crippen molar-refractivity contribution >= 4 is 31.3 Å². The van der Waals surface area contributed by atoms with Gasteiger partial charge in [-0.25, -0.2) is 9.59 Å². The van der Waals surface area contributed by atoms with Crippen LogP contribution in [0.1, 0.15) is 20.8 Å². The number of aliphatic imine (C=N–C) groups is 1. The Balaban J connectivity index is 3.95. The number of hydrogen-bond acceptors (Lipinski definition) is 4. The van der Waals surface area contributed by atoms with Crippen LogP contribution in [0.25, 0.3) is 0 Å². The van der Waals surface area contributed by atoms with Crippen LogP contribution in [0.4, 0.5) is 9.59 Å². The van der Waals surface area contributed by atoms with Crippen molar-refractivity contribution in [2.75, 3.05) is 27.2 Å². The molecule has 110 valence electrons. The lowest BCUT2D eigenvalue weighted by Crippen LogP contribution is -2.36. The molecule has 0 aliphatic carbocycles. The van der Waals surface area contributed by atoms with Crippen LogP contribution in [0, 0.1) is 0 Å². The van der Waals surface area contributed by atoms with E-state index in [1.807, 2.05) is 0 Å². The highest BCUT2D eigenvalue weighted by molar-refractivity contribution is 7.78. The maximum atomic E-state index is 11.4. The van der Waals surface area contributed by atoms with Crippen LogP contribution in [0.5, 0.6) is 0 Å². The third kappa shape index (κ3) is 10.2. The second kappa shape index (κ2) is 7.88. The predicted octanol–water partition coefficient (Wildman–Crippen LogP) is 1.37. The van der Waals surface area contributed by atoms with Crippen LogP contribution in [-0.4, -0.2) is 60.5 Å². The maximum absolute atomic E-state index is 11.4. The van der Waals surface area contributed by atoms with Crippen molar-refractivity contribution in [3.05, 3.63) is 0 Å². The summed E-state index contributed by atoms with van der Waals surface area (Å²) in [6, 6.07) is -0.497. The molecule has 3 amide bonds. The van der Waals surface area contributed by atoms with Gasteiger partial charge in [-0.05, 0) is 20.8 Å². The van der Waals surface area contributed by atoms with E-state index in [0.29, 0.717) is 0 Å². The Kier molecular flexibility index (Phi) is 7.28. The number of nitrogens with one attached hydrogen (secondary N) is 1. The fourth-order valence-corrected chi connectivity index (χ4v) is 1.06. The lowest BCUT2D eigenvalue weighted by Gasteiger charge is -2.20. The molecule has 0 aromatic heterocycles. The molecule has 0 atom stereocenters. The molecule has 0 unspecified atom stereocenters. The van der Waals surface area contributed by atoms with E-state index in [0.717, 1.165) is 4.31 Å². The smallest absolute Gasteiger partial charge is 0.407 e. The maximum Gasteiger partial charge on any atom is 0.407 e. The molecule has 0 aliphatic heterocycles. The van der Waals surface area contributed by atoms with E-state index in [1.54, 1.807) is 39.8 Å². The van der Waals surface area contributed by atoms with Crippen LogP contribution in [-0.2, 0) is 4.74 Å². The largest absolute Gasteiger partial charge is 0.444 e. The predicted molar refractivity (Wildman–Crippen MR) is 77.5 cm³/mol. The number of urea groups is 1. The summed E-state index contributed by atoms with van der Waals surface area (Å²) in [5.74, 6) is 0. The number of ether oxygens (including phenoxy) is 1. The van der Waals surface area contributed by atoms with Gasteiger partial charge >= 0.3 is 12.1 Å². The molecule has 0 radical (unpaired) electrons. The van der Waals surface area contributed by atoms with E-state index in [2.05, 4.69) is 23.1 Å². The number of thiol groups is 1. The van der Waals surface area contributed by atoms with Crippen molar-refractivity contribution in [2.24, 2.45) is 4.99 Å². The van der Waals surface area contributed by atoms with Crippen molar-refractivity contribution in [3.8, 4) is 0 Å². The first-order valence-electron chi connectivity index (χ1n) is 5.79. The van der Waals surface area contributed by atoms with Crippen molar-refractivity contribution < 1.29 is 14.3 Å². The average Bonchev–Trinajstić information content (AvgIpc) is 2.22. The second-order valence-electron chi connectivity index (χ2n) is 5.04. The van der Waals surface area contributed by atoms with E-state index < -0.39 is 17.7 Å². The number of nitrogens with zero attached hydrogens (tertiary/aromatic N) is 3. The number of carbonyl (C=O) groups excluding carboxylic acids is 2. The van der Waals surface area contributed by atoms with Gasteiger partial charge in [-0.1, -0.05) is 12.8 Å². The minimum absolute atomic E-state index is 0.228. The Morgan fingerprint density at radius 3 is 2.42 bits per heavy atom. The third-order valence-corrected chi connectivity index (χ3v) is 1.98. The van der Waals surface area contributed by atoms with Crippen molar-refractivity contribution in [2.45, 2.75) is 26.4 Å². The standard InChI is InChI=1S/C11H22N4O3S/c1-11(2,3)18-10(17)12-6-7-15(19)9(16)13-8-14(4)5/h8,19H,6-7H2,1-5H3,(H,12,17). The van der Waals surface area contributed by atoms with Crippen LogP contribution >= 0.6 is 12.8 Å². The summed E-state index contributed by atoms with van der Waals surface area (Å²) in [4.78, 5) is 28.0. The summed E-state index contributed by atoms with van der Waals surface area (Å²) < 4.78 is 6.15. The molecule has 0 fully saturated rings. The fourth-order valence-electron chi connectivity index (χ4n) is 0.905. The van der Waals surface area contributed by atoms with Crippen LogP contribution in [0.15, 0.2) is 4.99 Å². The molecule has 0 saturated heterocycles. The Bertz CT molecular complexity index is 339. The van der Waals surface area contributed by atoms with Crippen LogP contribution in [0.3, 0.4) is 0 Å². The zero-order valence-corrected chi connectivity index (χ0v) is 12.9. The van der Waals surface area contributed by atoms with Gasteiger partial charge in [0.25, 0.3) is 0 Å². The first-order valence-corrected chi connectivity index (χ1v) is 6.19. The number of alkyl carbamates (subject to hydrolysis) is 1. The summed E-state index contributed by atoms with van der Waals surface area (Å²) in [5.41, 5.74) is -0.545. The summed E-state index contributed by atoms with van der Waals surface area (Å²) in [7, 11) is 3.51. The Hall–Kier alpha value is -1.44. The minimum Gasteiger partial charge on any atom is -0.444 e. The van der Waals surface area contributed by atoms with Gasteiger partial charge in [0.1, 0.15) is 5.60 Å². The molecule has 0 rings (SSSR count). The van der Waals surface area contributed by atoms with Gasteiger partial charge in [0.05, 0.1) is 12.9 Å². The van der Waals surface area contributed by atoms with E-state index in [-0.39, 0.29) is 13.1 Å². The van der Waals surface area contributed by atoms with Crippen LogP contribution < -0.4 is 5.32 Å². The molecule has 0 aromatic rings. The summed E-state index contributed by atoms with van der Waals surface area (Å²) in [6.07, 6.45) is 0.853. The van der Waals surface area contributed by atoms with Crippen molar-refractivity contribution in [1.82, 2.24) is 14.5 Å². The van der Waals surface area contributed by atoms with E-state index in [1.165, 1.54) is 6.34 Å². The zero-order chi connectivity index (χ0) is 15.1. The molecular formula is C11H22N4O3S. The monoisotopic (exact) mass is 290 g/mol. The van der Waals surface area contributed by atoms with Gasteiger partial charge in [-0.15, -0.1) is 0 Å². The molecule has 1 N–H and O–H groups in total. The molecule has 0 saturated carbocycles. The number of carbonyl (C=O) groups is 2. The summed E-state index contributed by atoms with van der Waals surface area (Å²) in [5, 5.41) is 2.52. The van der Waals surface area contributed by atoms with Gasteiger partial charge in [0, 0.05) is 20.6 Å². The first kappa shape index (κ1) is 17.6. The molecular weight excluding hydrogens is 268 g/mol. The highest BCUT2D eigenvalue weighted by atomic mass is 32.1.